The molecule has 142 valence electrons. The maximum Gasteiger partial charge on any atom is 0.160 e. The molecule has 4 nitrogen and oxygen atoms in total. The molecule has 2 aromatic rings. The molecule has 0 aliphatic carbocycles. The number of thioether (sulfide) groups is 1. The first-order valence-electron chi connectivity index (χ1n) is 8.56. The normalized spacial score (nSPS) is 23.3. The van der Waals surface area contributed by atoms with E-state index >= 15 is 0 Å². The van der Waals surface area contributed by atoms with Crippen LogP contribution in [-0.4, -0.2) is 42.1 Å². The Labute approximate surface area is 177 Å². The third-order valence-corrected chi connectivity index (χ3v) is 8.32. The molecule has 2 aromatic carbocycles. The standard InChI is InChI=1S/C19H18BrClN2O2S2/c20-15-5-1-14(2-6-15)10-26-19-22-17-11-27(24,25)12-18(17)23(19)9-13-3-7-16(21)8-4-13/h1-8,17-18H,9-12H2/t17-,18+/m0/s1. The fraction of sp³-hybridized carbons (Fsp3) is 0.316. The second-order valence-electron chi connectivity index (χ2n) is 6.79. The Morgan fingerprint density at radius 2 is 1.74 bits per heavy atom. The van der Waals surface area contributed by atoms with E-state index in [1.54, 1.807) is 11.8 Å². The van der Waals surface area contributed by atoms with Gasteiger partial charge in [-0.3, -0.25) is 4.99 Å². The molecule has 0 amide bonds. The number of hydrogen-bond acceptors (Lipinski definition) is 5. The van der Waals surface area contributed by atoms with Crippen LogP contribution >= 0.6 is 39.3 Å². The average Bonchev–Trinajstić information content (AvgIpc) is 3.09. The maximum atomic E-state index is 12.1. The van der Waals surface area contributed by atoms with Crippen LogP contribution in [0.2, 0.25) is 5.02 Å². The largest absolute Gasteiger partial charge is 0.341 e. The Morgan fingerprint density at radius 3 is 2.44 bits per heavy atom. The lowest BCUT2D eigenvalue weighted by molar-refractivity contribution is 0.343. The van der Waals surface area contributed by atoms with E-state index in [4.69, 9.17) is 16.6 Å². The summed E-state index contributed by atoms with van der Waals surface area (Å²) in [5.74, 6) is 1.13. The van der Waals surface area contributed by atoms with Crippen LogP contribution in [0.4, 0.5) is 0 Å². The molecule has 2 aliphatic heterocycles. The van der Waals surface area contributed by atoms with E-state index < -0.39 is 9.84 Å². The Hall–Kier alpha value is -1.02. The number of fused-ring (bicyclic) bond motifs is 1. The van der Waals surface area contributed by atoms with Crippen LogP contribution in [0.5, 0.6) is 0 Å². The molecule has 0 saturated carbocycles. The van der Waals surface area contributed by atoms with E-state index in [2.05, 4.69) is 33.0 Å². The van der Waals surface area contributed by atoms with Gasteiger partial charge in [-0.25, -0.2) is 8.42 Å². The summed E-state index contributed by atoms with van der Waals surface area (Å²) >= 11 is 11.1. The molecule has 0 unspecified atom stereocenters. The molecule has 2 atom stereocenters. The number of nitrogens with zero attached hydrogens (tertiary/aromatic N) is 2. The predicted octanol–water partition coefficient (Wildman–Crippen LogP) is 4.37. The van der Waals surface area contributed by atoms with Gasteiger partial charge in [-0.15, -0.1) is 0 Å². The number of halogens is 2. The zero-order valence-corrected chi connectivity index (χ0v) is 18.4. The first-order valence-corrected chi connectivity index (χ1v) is 12.5. The third kappa shape index (κ3) is 4.53. The molecule has 2 heterocycles. The second-order valence-corrected chi connectivity index (χ2v) is 11.2. The zero-order valence-electron chi connectivity index (χ0n) is 14.4. The van der Waals surface area contributed by atoms with Crippen molar-refractivity contribution >= 4 is 54.3 Å². The van der Waals surface area contributed by atoms with Gasteiger partial charge in [0.15, 0.2) is 15.0 Å². The molecule has 0 radical (unpaired) electrons. The molecule has 2 aliphatic rings. The van der Waals surface area contributed by atoms with Crippen molar-refractivity contribution in [2.75, 3.05) is 11.5 Å². The van der Waals surface area contributed by atoms with Crippen LogP contribution in [0, 0.1) is 0 Å². The number of amidine groups is 1. The highest BCUT2D eigenvalue weighted by molar-refractivity contribution is 9.10. The Bertz CT molecular complexity index is 962. The highest BCUT2D eigenvalue weighted by Gasteiger charge is 2.46. The van der Waals surface area contributed by atoms with Crippen molar-refractivity contribution in [1.29, 1.82) is 0 Å². The van der Waals surface area contributed by atoms with E-state index in [-0.39, 0.29) is 23.6 Å². The second kappa shape index (κ2) is 7.78. The smallest absolute Gasteiger partial charge is 0.160 e. The first kappa shape index (κ1) is 19.3. The minimum Gasteiger partial charge on any atom is -0.341 e. The molecular weight excluding hydrogens is 468 g/mol. The highest BCUT2D eigenvalue weighted by Crippen LogP contribution is 2.33. The van der Waals surface area contributed by atoms with Gasteiger partial charge in [0.25, 0.3) is 0 Å². The van der Waals surface area contributed by atoms with Crippen LogP contribution in [0.3, 0.4) is 0 Å². The van der Waals surface area contributed by atoms with Crippen LogP contribution < -0.4 is 0 Å². The van der Waals surface area contributed by atoms with Gasteiger partial charge in [-0.05, 0) is 35.4 Å². The van der Waals surface area contributed by atoms with E-state index in [1.165, 1.54) is 5.56 Å². The number of rotatable bonds is 4. The Morgan fingerprint density at radius 1 is 1.07 bits per heavy atom. The summed E-state index contributed by atoms with van der Waals surface area (Å²) in [4.78, 5) is 6.92. The van der Waals surface area contributed by atoms with Crippen LogP contribution in [-0.2, 0) is 22.1 Å². The number of hydrogen-bond donors (Lipinski definition) is 0. The summed E-state index contributed by atoms with van der Waals surface area (Å²) in [6.45, 7) is 0.639. The van der Waals surface area contributed by atoms with Gasteiger partial charge in [0.2, 0.25) is 0 Å². The zero-order chi connectivity index (χ0) is 19.0. The molecule has 0 aromatic heterocycles. The van der Waals surface area contributed by atoms with E-state index in [1.807, 2.05) is 36.4 Å². The van der Waals surface area contributed by atoms with Gasteiger partial charge in [0.05, 0.1) is 23.6 Å². The monoisotopic (exact) mass is 484 g/mol. The van der Waals surface area contributed by atoms with Gasteiger partial charge < -0.3 is 4.90 Å². The number of sulfone groups is 1. The van der Waals surface area contributed by atoms with Crippen LogP contribution in [0.1, 0.15) is 11.1 Å². The van der Waals surface area contributed by atoms with E-state index in [0.717, 1.165) is 21.0 Å². The topological polar surface area (TPSA) is 49.7 Å². The molecular formula is C19H18BrClN2O2S2. The van der Waals surface area contributed by atoms with Crippen molar-refractivity contribution in [2.45, 2.75) is 24.4 Å². The molecule has 8 heteroatoms. The minimum atomic E-state index is -3.02. The molecule has 0 N–H and O–H groups in total. The van der Waals surface area contributed by atoms with Crippen molar-refractivity contribution in [2.24, 2.45) is 4.99 Å². The maximum absolute atomic E-state index is 12.1. The summed E-state index contributed by atoms with van der Waals surface area (Å²) in [5.41, 5.74) is 2.31. The van der Waals surface area contributed by atoms with Crippen molar-refractivity contribution in [3.8, 4) is 0 Å². The predicted molar refractivity (Wildman–Crippen MR) is 116 cm³/mol. The van der Waals surface area contributed by atoms with Crippen LogP contribution in [0.25, 0.3) is 0 Å². The molecule has 1 saturated heterocycles. The number of aliphatic imine (C=N–C) groups is 1. The average molecular weight is 486 g/mol. The van der Waals surface area contributed by atoms with E-state index in [0.29, 0.717) is 11.6 Å². The summed E-state index contributed by atoms with van der Waals surface area (Å²) in [6, 6.07) is 15.7. The van der Waals surface area contributed by atoms with Gasteiger partial charge in [-0.2, -0.15) is 0 Å². The van der Waals surface area contributed by atoms with Crippen molar-refractivity contribution < 1.29 is 8.42 Å². The van der Waals surface area contributed by atoms with Crippen molar-refractivity contribution in [1.82, 2.24) is 4.90 Å². The Balaban J connectivity index is 1.53. The molecule has 4 rings (SSSR count). The van der Waals surface area contributed by atoms with Crippen LogP contribution in [0.15, 0.2) is 58.0 Å². The SMILES string of the molecule is O=S1(=O)C[C@@H]2N=C(SCc3ccc(Br)cc3)N(Cc3ccc(Cl)cc3)[C@@H]2C1. The first-order chi connectivity index (χ1) is 12.9. The number of benzene rings is 2. The fourth-order valence-corrected chi connectivity index (χ4v) is 6.74. The Kier molecular flexibility index (Phi) is 5.56. The lowest BCUT2D eigenvalue weighted by Gasteiger charge is -2.26. The van der Waals surface area contributed by atoms with E-state index in [9.17, 15) is 8.42 Å². The summed E-state index contributed by atoms with van der Waals surface area (Å²) < 4.78 is 25.2. The summed E-state index contributed by atoms with van der Waals surface area (Å²) in [5, 5.41) is 1.62. The summed E-state index contributed by atoms with van der Waals surface area (Å²) in [6.07, 6.45) is 0. The van der Waals surface area contributed by atoms with Crippen molar-refractivity contribution in [3.63, 3.8) is 0 Å². The molecule has 27 heavy (non-hydrogen) atoms. The lowest BCUT2D eigenvalue weighted by Crippen LogP contribution is -2.38. The van der Waals surface area contributed by atoms with Gasteiger partial charge in [0, 0.05) is 21.8 Å². The summed E-state index contributed by atoms with van der Waals surface area (Å²) in [7, 11) is -3.02. The van der Waals surface area contributed by atoms with Crippen molar-refractivity contribution in [3.05, 3.63) is 69.2 Å². The highest BCUT2D eigenvalue weighted by atomic mass is 79.9. The fourth-order valence-electron chi connectivity index (χ4n) is 3.41. The molecule has 0 spiro atoms. The quantitative estimate of drug-likeness (QED) is 0.645. The van der Waals surface area contributed by atoms with Gasteiger partial charge >= 0.3 is 0 Å². The van der Waals surface area contributed by atoms with Gasteiger partial charge in [-0.1, -0.05) is 63.6 Å². The molecule has 1 fully saturated rings. The molecule has 0 bridgehead atoms. The third-order valence-electron chi connectivity index (χ3n) is 4.76. The lowest BCUT2D eigenvalue weighted by atomic mass is 10.1. The van der Waals surface area contributed by atoms with Gasteiger partial charge in [0.1, 0.15) is 0 Å². The minimum absolute atomic E-state index is 0.0712.